The van der Waals surface area contributed by atoms with Gasteiger partial charge in [0.25, 0.3) is 5.91 Å². The molecule has 8 heteroatoms. The van der Waals surface area contributed by atoms with Crippen LogP contribution in [0.2, 0.25) is 0 Å². The number of primary amides is 1. The van der Waals surface area contributed by atoms with E-state index in [1.54, 1.807) is 0 Å². The van der Waals surface area contributed by atoms with Crippen molar-refractivity contribution < 1.29 is 19.1 Å². The van der Waals surface area contributed by atoms with Crippen molar-refractivity contribution >= 4 is 17.6 Å². The molecule has 4 rings (SSSR count). The largest absolute Gasteiger partial charge is 0.476 e. The number of carbonyl (C=O) groups excluding carboxylic acids is 3. The Labute approximate surface area is 255 Å². The smallest absolute Gasteiger partial charge is 0.287 e. The highest BCUT2D eigenvalue weighted by Gasteiger charge is 2.39. The highest BCUT2D eigenvalue weighted by molar-refractivity contribution is 6.37. The molecule has 4 N–H and O–H groups in total. The third-order valence-electron chi connectivity index (χ3n) is 9.13. The Morgan fingerprint density at radius 3 is 2.05 bits per heavy atom. The third-order valence-corrected chi connectivity index (χ3v) is 9.13. The molecule has 0 bridgehead atoms. The Kier molecular flexibility index (Phi) is 15.5. The first-order valence-corrected chi connectivity index (χ1v) is 16.9. The van der Waals surface area contributed by atoms with E-state index >= 15 is 0 Å². The summed E-state index contributed by atoms with van der Waals surface area (Å²) in [6, 6.07) is -1.33. The van der Waals surface area contributed by atoms with Crippen LogP contribution in [0.15, 0.2) is 24.7 Å². The van der Waals surface area contributed by atoms with Crippen molar-refractivity contribution in [3.05, 3.63) is 24.7 Å². The first-order chi connectivity index (χ1) is 20.2. The van der Waals surface area contributed by atoms with Gasteiger partial charge in [-0.3, -0.25) is 14.4 Å². The lowest BCUT2D eigenvalue weighted by molar-refractivity contribution is -0.139. The molecule has 3 aliphatic carbocycles. The number of amides is 2. The predicted molar refractivity (Wildman–Crippen MR) is 170 cm³/mol. The quantitative estimate of drug-likeness (QED) is 0.181. The number of nitrogens with zero attached hydrogens (tertiary/aromatic N) is 1. The van der Waals surface area contributed by atoms with Crippen molar-refractivity contribution in [2.75, 3.05) is 6.54 Å². The minimum absolute atomic E-state index is 0.0618. The molecule has 0 aromatic rings. The lowest BCUT2D eigenvalue weighted by atomic mass is 9.82. The summed E-state index contributed by atoms with van der Waals surface area (Å²) in [6.07, 6.45) is 14.6. The molecule has 8 nitrogen and oxygen atoms in total. The average molecular weight is 589 g/mol. The van der Waals surface area contributed by atoms with Gasteiger partial charge >= 0.3 is 0 Å². The monoisotopic (exact) mass is 588 g/mol. The lowest BCUT2D eigenvalue weighted by Crippen LogP contribution is -2.53. The van der Waals surface area contributed by atoms with Crippen LogP contribution in [0.1, 0.15) is 125 Å². The van der Waals surface area contributed by atoms with Gasteiger partial charge in [0.05, 0.1) is 12.1 Å². The number of rotatable bonds is 13. The maximum Gasteiger partial charge on any atom is 0.287 e. The molecule has 0 aromatic heterocycles. The van der Waals surface area contributed by atoms with Crippen molar-refractivity contribution in [1.29, 1.82) is 0 Å². The molecular formula is C34H60N4O4. The van der Waals surface area contributed by atoms with Crippen molar-refractivity contribution in [2.24, 2.45) is 23.5 Å². The first-order valence-electron chi connectivity index (χ1n) is 16.9. The minimum atomic E-state index is -0.990. The van der Waals surface area contributed by atoms with Gasteiger partial charge in [0.1, 0.15) is 12.1 Å². The first kappa shape index (κ1) is 35.7. The molecule has 0 spiro atoms. The van der Waals surface area contributed by atoms with Crippen LogP contribution >= 0.6 is 0 Å². The Bertz CT molecular complexity index is 888. The fourth-order valence-electron chi connectivity index (χ4n) is 6.62. The van der Waals surface area contributed by atoms with Gasteiger partial charge in [-0.05, 0) is 82.1 Å². The molecule has 0 radical (unpaired) electrons. The van der Waals surface area contributed by atoms with Crippen molar-refractivity contribution in [1.82, 2.24) is 15.5 Å². The maximum atomic E-state index is 13.4. The van der Waals surface area contributed by atoms with Crippen molar-refractivity contribution in [3.8, 4) is 0 Å². The summed E-state index contributed by atoms with van der Waals surface area (Å²) >= 11 is 0. The van der Waals surface area contributed by atoms with E-state index in [0.717, 1.165) is 63.1 Å². The number of nitrogens with two attached hydrogens (primary N) is 1. The number of hydrogen-bond acceptors (Lipinski definition) is 6. The van der Waals surface area contributed by atoms with Gasteiger partial charge in [-0.1, -0.05) is 73.3 Å². The molecule has 3 atom stereocenters. The van der Waals surface area contributed by atoms with E-state index in [1.807, 2.05) is 27.7 Å². The van der Waals surface area contributed by atoms with Gasteiger partial charge in [0, 0.05) is 12.2 Å². The summed E-state index contributed by atoms with van der Waals surface area (Å²) < 4.78 is 6.27. The van der Waals surface area contributed by atoms with E-state index in [9.17, 15) is 14.4 Å². The normalized spacial score (nSPS) is 25.4. The van der Waals surface area contributed by atoms with Crippen molar-refractivity contribution in [3.63, 3.8) is 0 Å². The number of likely N-dealkylation sites (tertiary alicyclic amines) is 1. The van der Waals surface area contributed by atoms with Crippen LogP contribution in [0.5, 0.6) is 0 Å². The Balaban J connectivity index is 0.00000148. The minimum Gasteiger partial charge on any atom is -0.476 e. The van der Waals surface area contributed by atoms with E-state index < -0.39 is 23.8 Å². The zero-order valence-electron chi connectivity index (χ0n) is 27.2. The summed E-state index contributed by atoms with van der Waals surface area (Å²) in [5.74, 6) is 0.196. The topological polar surface area (TPSA) is 114 Å². The second-order valence-electron chi connectivity index (χ2n) is 12.3. The second kappa shape index (κ2) is 18.2. The molecule has 1 heterocycles. The summed E-state index contributed by atoms with van der Waals surface area (Å²) in [7, 11) is 0. The summed E-state index contributed by atoms with van der Waals surface area (Å²) in [4.78, 5) is 39.6. The maximum absolute atomic E-state index is 13.4. The third kappa shape index (κ3) is 10.6. The lowest BCUT2D eigenvalue weighted by Gasteiger charge is -2.39. The standard InChI is InChI=1S/C30H48N4O4.2C2H6/c1-19-11-15-24(16-12-19)38-21(3)32-27(23-8-5-4-6-9-23)20(2)34-17-7-10-26(34)30(37)33-25(18-22-13-14-22)28(35)29(31)36;2*1-2/h19,22-27,32H,2-18H2,1H3,(H2,31,36)(H,33,37);2*1-2H3. The molecule has 1 aliphatic heterocycles. The molecule has 2 amide bonds. The van der Waals surface area contributed by atoms with Crippen molar-refractivity contribution in [2.45, 2.75) is 149 Å². The Morgan fingerprint density at radius 2 is 1.48 bits per heavy atom. The van der Waals surface area contributed by atoms with Crippen LogP contribution in [0.4, 0.5) is 0 Å². The van der Waals surface area contributed by atoms with E-state index in [-0.39, 0.29) is 18.1 Å². The van der Waals surface area contributed by atoms with E-state index in [1.165, 1.54) is 32.1 Å². The van der Waals surface area contributed by atoms with Crippen LogP contribution in [-0.4, -0.2) is 53.3 Å². The Hall–Kier alpha value is -2.51. The van der Waals surface area contributed by atoms with Gasteiger partial charge in [-0.2, -0.15) is 0 Å². The number of nitrogens with one attached hydrogen (secondary N) is 2. The summed E-state index contributed by atoms with van der Waals surface area (Å²) in [5.41, 5.74) is 6.17. The molecule has 1 saturated heterocycles. The zero-order chi connectivity index (χ0) is 31.2. The van der Waals surface area contributed by atoms with Crippen LogP contribution in [-0.2, 0) is 19.1 Å². The summed E-state index contributed by atoms with van der Waals surface area (Å²) in [5, 5.41) is 6.46. The van der Waals surface area contributed by atoms with E-state index in [2.05, 4.69) is 35.6 Å². The van der Waals surface area contributed by atoms with Gasteiger partial charge < -0.3 is 26.0 Å². The molecule has 3 saturated carbocycles. The molecule has 4 fully saturated rings. The zero-order valence-corrected chi connectivity index (χ0v) is 27.2. The second-order valence-corrected chi connectivity index (χ2v) is 12.3. The Morgan fingerprint density at radius 1 is 0.857 bits per heavy atom. The van der Waals surface area contributed by atoms with Gasteiger partial charge in [-0.15, -0.1) is 0 Å². The number of hydrogen-bond donors (Lipinski definition) is 3. The van der Waals surface area contributed by atoms with Crippen LogP contribution in [0.25, 0.3) is 0 Å². The van der Waals surface area contributed by atoms with Gasteiger partial charge in [0.2, 0.25) is 11.7 Å². The van der Waals surface area contributed by atoms with Crippen LogP contribution < -0.4 is 16.4 Å². The van der Waals surface area contributed by atoms with Crippen LogP contribution in [0.3, 0.4) is 0 Å². The van der Waals surface area contributed by atoms with Gasteiger partial charge in [-0.25, -0.2) is 0 Å². The van der Waals surface area contributed by atoms with Gasteiger partial charge in [0.15, 0.2) is 5.88 Å². The van der Waals surface area contributed by atoms with Crippen LogP contribution in [0, 0.1) is 17.8 Å². The molecular weight excluding hydrogens is 528 g/mol. The fourth-order valence-corrected chi connectivity index (χ4v) is 6.62. The SMILES string of the molecule is C=C(NC(C(=C)N1CCCC1C(=O)NC(CC1CC1)C(=O)C(N)=O)C1CCCCC1)OC1CCC(C)CC1.CC.CC. The average Bonchev–Trinajstić information content (AvgIpc) is 3.69. The fraction of sp³-hybridized carbons (Fsp3) is 0.794. The predicted octanol–water partition coefficient (Wildman–Crippen LogP) is 5.96. The number of carbonyl (C=O) groups is 3. The summed E-state index contributed by atoms with van der Waals surface area (Å²) in [6.45, 7) is 19.7. The van der Waals surface area contributed by atoms with E-state index in [4.69, 9.17) is 10.5 Å². The molecule has 240 valence electrons. The number of Topliss-reactive ketones (excluding diaryl/α,β-unsaturated/α-hetero) is 1. The highest BCUT2D eigenvalue weighted by atomic mass is 16.5. The number of ether oxygens (including phenoxy) is 1. The number of ketones is 1. The molecule has 3 unspecified atom stereocenters. The molecule has 42 heavy (non-hydrogen) atoms. The molecule has 0 aromatic carbocycles. The van der Waals surface area contributed by atoms with E-state index in [0.29, 0.717) is 30.6 Å². The highest BCUT2D eigenvalue weighted by Crippen LogP contribution is 2.35. The molecule has 4 aliphatic rings.